The summed E-state index contributed by atoms with van der Waals surface area (Å²) in [6.45, 7) is 6.31. The van der Waals surface area contributed by atoms with Crippen LogP contribution in [0.3, 0.4) is 0 Å². The lowest BCUT2D eigenvalue weighted by Crippen LogP contribution is -2.29. The summed E-state index contributed by atoms with van der Waals surface area (Å²) < 4.78 is 1.39. The lowest BCUT2D eigenvalue weighted by atomic mass is 10.1. The van der Waals surface area contributed by atoms with Crippen LogP contribution in [0.15, 0.2) is 29.1 Å². The first kappa shape index (κ1) is 18.8. The van der Waals surface area contributed by atoms with Gasteiger partial charge >= 0.3 is 0 Å². The lowest BCUT2D eigenvalue weighted by Gasteiger charge is -2.20. The van der Waals surface area contributed by atoms with Crippen LogP contribution in [0, 0.1) is 5.92 Å². The van der Waals surface area contributed by atoms with E-state index in [0.29, 0.717) is 22.4 Å². The van der Waals surface area contributed by atoms with Gasteiger partial charge in [0.25, 0.3) is 11.5 Å². The molecule has 1 amide bonds. The number of rotatable bonds is 4. The lowest BCUT2D eigenvalue weighted by molar-refractivity contribution is 0.102. The molecule has 0 fully saturated rings. The van der Waals surface area contributed by atoms with E-state index in [1.54, 1.807) is 18.2 Å². The summed E-state index contributed by atoms with van der Waals surface area (Å²) in [5.41, 5.74) is 1.13. The van der Waals surface area contributed by atoms with Gasteiger partial charge in [-0.25, -0.2) is 9.67 Å². The van der Waals surface area contributed by atoms with Gasteiger partial charge in [-0.15, -0.1) is 11.3 Å². The van der Waals surface area contributed by atoms with E-state index >= 15 is 0 Å². The SMILES string of the molecule is CC(C)Cn1nc(C(=O)Nc2nc3c(s2)CN(C)CC3)c2ccccc2c1=O. The van der Waals surface area contributed by atoms with E-state index in [9.17, 15) is 9.59 Å². The molecule has 0 saturated carbocycles. The number of hydrogen-bond acceptors (Lipinski definition) is 6. The molecule has 1 aliphatic heterocycles. The Morgan fingerprint density at radius 1 is 1.29 bits per heavy atom. The Bertz CT molecular complexity index is 1100. The second-order valence-corrected chi connectivity index (χ2v) is 8.69. The molecule has 0 aliphatic carbocycles. The first-order chi connectivity index (χ1) is 13.4. The zero-order valence-corrected chi connectivity index (χ0v) is 17.0. The van der Waals surface area contributed by atoms with Gasteiger partial charge in [0.2, 0.25) is 0 Å². The predicted octanol–water partition coefficient (Wildman–Crippen LogP) is 2.75. The number of hydrogen-bond donors (Lipinski definition) is 1. The molecule has 0 atom stereocenters. The fourth-order valence-electron chi connectivity index (χ4n) is 3.41. The summed E-state index contributed by atoms with van der Waals surface area (Å²) >= 11 is 1.50. The maximum absolute atomic E-state index is 13.0. The van der Waals surface area contributed by atoms with Crippen molar-refractivity contribution in [1.29, 1.82) is 0 Å². The molecule has 7 nitrogen and oxygen atoms in total. The average molecular weight is 398 g/mol. The van der Waals surface area contributed by atoms with Gasteiger partial charge in [0.15, 0.2) is 10.8 Å². The fraction of sp³-hybridized carbons (Fsp3) is 0.400. The van der Waals surface area contributed by atoms with Crippen LogP contribution in [0.5, 0.6) is 0 Å². The highest BCUT2D eigenvalue weighted by molar-refractivity contribution is 7.15. The number of thiazole rings is 1. The summed E-state index contributed by atoms with van der Waals surface area (Å²) in [6, 6.07) is 7.12. The Balaban J connectivity index is 1.71. The Labute approximate surface area is 167 Å². The number of fused-ring (bicyclic) bond motifs is 2. The van der Waals surface area contributed by atoms with E-state index < -0.39 is 0 Å². The highest BCUT2D eigenvalue weighted by Crippen LogP contribution is 2.28. The maximum Gasteiger partial charge on any atom is 0.278 e. The minimum Gasteiger partial charge on any atom is -0.301 e. The number of aromatic nitrogens is 3. The van der Waals surface area contributed by atoms with Crippen molar-refractivity contribution in [3.8, 4) is 0 Å². The number of likely N-dealkylation sites (N-methyl/N-ethyl adjacent to an activating group) is 1. The van der Waals surface area contributed by atoms with Crippen molar-refractivity contribution in [1.82, 2.24) is 19.7 Å². The average Bonchev–Trinajstić information content (AvgIpc) is 3.05. The first-order valence-corrected chi connectivity index (χ1v) is 10.2. The van der Waals surface area contributed by atoms with E-state index in [1.165, 1.54) is 20.9 Å². The van der Waals surface area contributed by atoms with Crippen LogP contribution in [0.4, 0.5) is 5.13 Å². The van der Waals surface area contributed by atoms with Crippen LogP contribution >= 0.6 is 11.3 Å². The van der Waals surface area contributed by atoms with E-state index in [0.717, 1.165) is 25.2 Å². The molecule has 3 aromatic rings. The van der Waals surface area contributed by atoms with Gasteiger partial charge in [0.05, 0.1) is 11.1 Å². The number of benzene rings is 1. The van der Waals surface area contributed by atoms with Crippen LogP contribution in [-0.2, 0) is 19.5 Å². The Hall–Kier alpha value is -2.58. The van der Waals surface area contributed by atoms with E-state index in [1.807, 2.05) is 19.9 Å². The van der Waals surface area contributed by atoms with Crippen LogP contribution < -0.4 is 10.9 Å². The first-order valence-electron chi connectivity index (χ1n) is 9.40. The molecule has 8 heteroatoms. The van der Waals surface area contributed by atoms with Gasteiger partial charge in [0.1, 0.15) is 0 Å². The number of nitrogens with one attached hydrogen (secondary N) is 1. The summed E-state index contributed by atoms with van der Waals surface area (Å²) in [7, 11) is 2.08. The monoisotopic (exact) mass is 397 g/mol. The number of carbonyl (C=O) groups excluding carboxylic acids is 1. The zero-order valence-electron chi connectivity index (χ0n) is 16.2. The van der Waals surface area contributed by atoms with Gasteiger partial charge in [-0.2, -0.15) is 5.10 Å². The Morgan fingerprint density at radius 2 is 2.04 bits per heavy atom. The molecule has 0 spiro atoms. The molecule has 2 aromatic heterocycles. The fourth-order valence-corrected chi connectivity index (χ4v) is 4.49. The summed E-state index contributed by atoms with van der Waals surface area (Å²) in [4.78, 5) is 33.7. The molecule has 0 unspecified atom stereocenters. The van der Waals surface area contributed by atoms with Crippen molar-refractivity contribution in [3.63, 3.8) is 0 Å². The van der Waals surface area contributed by atoms with Crippen molar-refractivity contribution >= 4 is 33.1 Å². The van der Waals surface area contributed by atoms with E-state index in [2.05, 4.69) is 27.3 Å². The number of nitrogens with zero attached hydrogens (tertiary/aromatic N) is 4. The van der Waals surface area contributed by atoms with Crippen molar-refractivity contribution in [2.45, 2.75) is 33.4 Å². The van der Waals surface area contributed by atoms with Crippen LogP contribution in [0.1, 0.15) is 34.9 Å². The van der Waals surface area contributed by atoms with Gasteiger partial charge in [0, 0.05) is 36.3 Å². The second-order valence-electron chi connectivity index (χ2n) is 7.61. The molecule has 28 heavy (non-hydrogen) atoms. The predicted molar refractivity (Wildman–Crippen MR) is 111 cm³/mol. The largest absolute Gasteiger partial charge is 0.301 e. The van der Waals surface area contributed by atoms with E-state index in [4.69, 9.17) is 0 Å². The van der Waals surface area contributed by atoms with Gasteiger partial charge in [-0.05, 0) is 19.0 Å². The minimum absolute atomic E-state index is 0.173. The minimum atomic E-state index is -0.340. The third kappa shape index (κ3) is 3.57. The molecular weight excluding hydrogens is 374 g/mol. The van der Waals surface area contributed by atoms with Gasteiger partial charge in [-0.1, -0.05) is 32.0 Å². The van der Waals surface area contributed by atoms with Crippen LogP contribution in [0.25, 0.3) is 10.8 Å². The standard InChI is InChI=1S/C20H23N5O2S/c1-12(2)10-25-19(27)14-7-5-4-6-13(14)17(23-25)18(26)22-20-21-15-8-9-24(3)11-16(15)28-20/h4-7,12H,8-11H2,1-3H3,(H,21,22,26). The smallest absolute Gasteiger partial charge is 0.278 e. The molecule has 146 valence electrons. The molecular formula is C20H23N5O2S. The van der Waals surface area contributed by atoms with Crippen LogP contribution in [-0.4, -0.2) is 39.2 Å². The topological polar surface area (TPSA) is 80.1 Å². The zero-order chi connectivity index (χ0) is 19.8. The second kappa shape index (κ2) is 7.44. The summed E-state index contributed by atoms with van der Waals surface area (Å²) in [6.07, 6.45) is 0.888. The molecule has 1 N–H and O–H groups in total. The molecule has 1 aromatic carbocycles. The quantitative estimate of drug-likeness (QED) is 0.732. The Kier molecular flexibility index (Phi) is 4.99. The number of amides is 1. The van der Waals surface area contributed by atoms with Crippen molar-refractivity contribution in [3.05, 3.63) is 50.9 Å². The molecule has 3 heterocycles. The maximum atomic E-state index is 13.0. The normalized spacial score (nSPS) is 14.4. The van der Waals surface area contributed by atoms with Crippen molar-refractivity contribution in [2.24, 2.45) is 5.92 Å². The number of carbonyl (C=O) groups is 1. The summed E-state index contributed by atoms with van der Waals surface area (Å²) in [5.74, 6) is -0.0990. The summed E-state index contributed by atoms with van der Waals surface area (Å²) in [5, 5.41) is 8.93. The third-order valence-corrected chi connectivity index (χ3v) is 5.76. The number of anilines is 1. The van der Waals surface area contributed by atoms with Crippen molar-refractivity contribution < 1.29 is 4.79 Å². The van der Waals surface area contributed by atoms with E-state index in [-0.39, 0.29) is 23.1 Å². The molecule has 0 saturated heterocycles. The Morgan fingerprint density at radius 3 is 2.79 bits per heavy atom. The molecule has 1 aliphatic rings. The molecule has 4 rings (SSSR count). The van der Waals surface area contributed by atoms with Gasteiger partial charge in [-0.3, -0.25) is 14.9 Å². The highest BCUT2D eigenvalue weighted by Gasteiger charge is 2.22. The van der Waals surface area contributed by atoms with Gasteiger partial charge < -0.3 is 4.90 Å². The molecule has 0 bridgehead atoms. The van der Waals surface area contributed by atoms with Crippen LogP contribution in [0.2, 0.25) is 0 Å². The third-order valence-electron chi connectivity index (χ3n) is 4.76. The molecule has 0 radical (unpaired) electrons. The highest BCUT2D eigenvalue weighted by atomic mass is 32.1. The van der Waals surface area contributed by atoms with Crippen molar-refractivity contribution in [2.75, 3.05) is 18.9 Å².